The van der Waals surface area contributed by atoms with Crippen molar-refractivity contribution < 1.29 is 0 Å². The van der Waals surface area contributed by atoms with Crippen molar-refractivity contribution in [2.24, 2.45) is 0 Å². The average molecular weight is 216 g/mol. The molecule has 2 aromatic heterocycles. The second kappa shape index (κ2) is 3.10. The molecule has 0 radical (unpaired) electrons. The third-order valence-electron chi connectivity index (χ3n) is 2.40. The second-order valence-electron chi connectivity index (χ2n) is 3.31. The van der Waals surface area contributed by atoms with Crippen molar-refractivity contribution in [2.45, 2.75) is 0 Å². The molecule has 0 saturated heterocycles. The Morgan fingerprint density at radius 2 is 2.07 bits per heavy atom. The summed E-state index contributed by atoms with van der Waals surface area (Å²) >= 11 is 1.19. The highest BCUT2D eigenvalue weighted by atomic mass is 32.1. The zero-order valence-electron chi connectivity index (χ0n) is 7.78. The molecule has 0 fully saturated rings. The van der Waals surface area contributed by atoms with Crippen LogP contribution in [0.15, 0.2) is 40.6 Å². The van der Waals surface area contributed by atoms with Gasteiger partial charge < -0.3 is 9.97 Å². The maximum Gasteiger partial charge on any atom is 0.304 e. The highest BCUT2D eigenvalue weighted by molar-refractivity contribution is 7.07. The van der Waals surface area contributed by atoms with Gasteiger partial charge in [0.05, 0.1) is 5.69 Å². The van der Waals surface area contributed by atoms with Gasteiger partial charge in [-0.3, -0.25) is 4.79 Å². The molecular weight excluding hydrogens is 208 g/mol. The molecule has 3 nitrogen and oxygen atoms in total. The molecule has 4 heteroatoms. The minimum absolute atomic E-state index is 0.0183. The number of rotatable bonds is 1. The van der Waals surface area contributed by atoms with Crippen LogP contribution in [-0.4, -0.2) is 9.97 Å². The maximum atomic E-state index is 11.1. The van der Waals surface area contributed by atoms with Gasteiger partial charge in [0.15, 0.2) is 0 Å². The SMILES string of the molecule is O=c1[nH]c(-c2c[nH]c3ccccc23)cs1. The number of para-hydroxylation sites is 1. The van der Waals surface area contributed by atoms with E-state index < -0.39 is 0 Å². The van der Waals surface area contributed by atoms with Gasteiger partial charge in [0.2, 0.25) is 0 Å². The van der Waals surface area contributed by atoms with Crippen LogP contribution in [0.1, 0.15) is 0 Å². The molecule has 2 N–H and O–H groups in total. The van der Waals surface area contributed by atoms with Gasteiger partial charge in [-0.15, -0.1) is 0 Å². The van der Waals surface area contributed by atoms with Crippen LogP contribution in [0.4, 0.5) is 0 Å². The van der Waals surface area contributed by atoms with E-state index in [2.05, 4.69) is 9.97 Å². The van der Waals surface area contributed by atoms with E-state index in [9.17, 15) is 4.79 Å². The first kappa shape index (κ1) is 8.49. The molecule has 0 bridgehead atoms. The maximum absolute atomic E-state index is 11.1. The van der Waals surface area contributed by atoms with Crippen LogP contribution >= 0.6 is 11.3 Å². The Labute approximate surface area is 89.4 Å². The summed E-state index contributed by atoms with van der Waals surface area (Å²) in [6.07, 6.45) is 1.92. The monoisotopic (exact) mass is 216 g/mol. The number of hydrogen-bond acceptors (Lipinski definition) is 2. The van der Waals surface area contributed by atoms with Crippen LogP contribution in [0.3, 0.4) is 0 Å². The van der Waals surface area contributed by atoms with Crippen molar-refractivity contribution in [1.29, 1.82) is 0 Å². The van der Waals surface area contributed by atoms with E-state index in [1.165, 1.54) is 11.3 Å². The van der Waals surface area contributed by atoms with E-state index in [0.717, 1.165) is 22.2 Å². The van der Waals surface area contributed by atoms with Crippen molar-refractivity contribution in [1.82, 2.24) is 9.97 Å². The fraction of sp³-hybridized carbons (Fsp3) is 0. The molecule has 0 spiro atoms. The number of aromatic nitrogens is 2. The Balaban J connectivity index is 2.32. The van der Waals surface area contributed by atoms with Crippen LogP contribution in [0.2, 0.25) is 0 Å². The first-order valence-electron chi connectivity index (χ1n) is 4.59. The molecule has 0 atom stereocenters. The molecule has 3 aromatic rings. The topological polar surface area (TPSA) is 48.6 Å². The number of hydrogen-bond donors (Lipinski definition) is 2. The summed E-state index contributed by atoms with van der Waals surface area (Å²) in [5, 5.41) is 2.98. The van der Waals surface area contributed by atoms with Crippen LogP contribution in [0.25, 0.3) is 22.2 Å². The lowest BCUT2D eigenvalue weighted by atomic mass is 10.1. The largest absolute Gasteiger partial charge is 0.360 e. The minimum Gasteiger partial charge on any atom is -0.360 e. The first-order chi connectivity index (χ1) is 7.34. The number of nitrogens with one attached hydrogen (secondary N) is 2. The number of benzene rings is 1. The third-order valence-corrected chi connectivity index (χ3v) is 3.07. The predicted octanol–water partition coefficient (Wildman–Crippen LogP) is 2.58. The Bertz CT molecular complexity index is 662. The molecule has 1 aromatic carbocycles. The van der Waals surface area contributed by atoms with Gasteiger partial charge in [-0.25, -0.2) is 0 Å². The molecule has 0 aliphatic heterocycles. The zero-order chi connectivity index (χ0) is 10.3. The lowest BCUT2D eigenvalue weighted by Crippen LogP contribution is -1.91. The van der Waals surface area contributed by atoms with Gasteiger partial charge in [-0.05, 0) is 6.07 Å². The molecule has 74 valence electrons. The van der Waals surface area contributed by atoms with Crippen molar-refractivity contribution >= 4 is 22.2 Å². The van der Waals surface area contributed by atoms with Gasteiger partial charge in [-0.1, -0.05) is 29.5 Å². The molecule has 0 aliphatic rings. The van der Waals surface area contributed by atoms with E-state index in [1.54, 1.807) is 0 Å². The van der Waals surface area contributed by atoms with E-state index >= 15 is 0 Å². The predicted molar refractivity (Wildman–Crippen MR) is 62.2 cm³/mol. The number of fused-ring (bicyclic) bond motifs is 1. The molecule has 2 heterocycles. The number of thiazole rings is 1. The van der Waals surface area contributed by atoms with E-state index in [4.69, 9.17) is 0 Å². The first-order valence-corrected chi connectivity index (χ1v) is 5.47. The Morgan fingerprint density at radius 1 is 1.20 bits per heavy atom. The van der Waals surface area contributed by atoms with Crippen molar-refractivity contribution in [3.8, 4) is 11.3 Å². The summed E-state index contributed by atoms with van der Waals surface area (Å²) in [5.74, 6) is 0. The van der Waals surface area contributed by atoms with Gasteiger partial charge in [0.1, 0.15) is 0 Å². The Morgan fingerprint density at radius 3 is 2.87 bits per heavy atom. The summed E-state index contributed by atoms with van der Waals surface area (Å²) in [6, 6.07) is 8.03. The summed E-state index contributed by atoms with van der Waals surface area (Å²) in [5.41, 5.74) is 3.01. The smallest absolute Gasteiger partial charge is 0.304 e. The molecule has 0 unspecified atom stereocenters. The summed E-state index contributed by atoms with van der Waals surface area (Å²) < 4.78 is 0. The number of aromatic amines is 2. The summed E-state index contributed by atoms with van der Waals surface area (Å²) in [4.78, 5) is 17.0. The fourth-order valence-electron chi connectivity index (χ4n) is 1.71. The Hall–Kier alpha value is -1.81. The minimum atomic E-state index is -0.0183. The van der Waals surface area contributed by atoms with Crippen molar-refractivity contribution in [3.63, 3.8) is 0 Å². The van der Waals surface area contributed by atoms with Crippen molar-refractivity contribution in [3.05, 3.63) is 45.5 Å². The van der Waals surface area contributed by atoms with Crippen LogP contribution < -0.4 is 4.87 Å². The molecule has 0 amide bonds. The van der Waals surface area contributed by atoms with E-state index in [-0.39, 0.29) is 4.87 Å². The molecular formula is C11H8N2OS. The van der Waals surface area contributed by atoms with Gasteiger partial charge in [0.25, 0.3) is 0 Å². The molecule has 3 rings (SSSR count). The standard InChI is InChI=1S/C11H8N2OS/c14-11-13-10(6-15-11)8-5-12-9-4-2-1-3-7(8)9/h1-6,12H,(H,13,14). The molecule has 15 heavy (non-hydrogen) atoms. The third kappa shape index (κ3) is 1.30. The normalized spacial score (nSPS) is 10.9. The second-order valence-corrected chi connectivity index (χ2v) is 4.15. The van der Waals surface area contributed by atoms with Gasteiger partial charge in [0, 0.05) is 28.0 Å². The fourth-order valence-corrected chi connectivity index (χ4v) is 2.29. The van der Waals surface area contributed by atoms with Gasteiger partial charge in [-0.2, -0.15) is 0 Å². The highest BCUT2D eigenvalue weighted by Crippen LogP contribution is 2.26. The van der Waals surface area contributed by atoms with Crippen LogP contribution in [-0.2, 0) is 0 Å². The summed E-state index contributed by atoms with van der Waals surface area (Å²) in [7, 11) is 0. The van der Waals surface area contributed by atoms with Crippen LogP contribution in [0, 0.1) is 0 Å². The van der Waals surface area contributed by atoms with E-state index in [0.29, 0.717) is 0 Å². The lowest BCUT2D eigenvalue weighted by molar-refractivity contribution is 1.34. The number of H-pyrrole nitrogens is 2. The highest BCUT2D eigenvalue weighted by Gasteiger charge is 2.06. The lowest BCUT2D eigenvalue weighted by Gasteiger charge is -1.93. The van der Waals surface area contributed by atoms with Crippen LogP contribution in [0.5, 0.6) is 0 Å². The zero-order valence-corrected chi connectivity index (χ0v) is 8.60. The van der Waals surface area contributed by atoms with E-state index in [1.807, 2.05) is 35.8 Å². The average Bonchev–Trinajstić information content (AvgIpc) is 2.83. The Kier molecular flexibility index (Phi) is 1.76. The quantitative estimate of drug-likeness (QED) is 0.645. The van der Waals surface area contributed by atoms with Crippen molar-refractivity contribution in [2.75, 3.05) is 0 Å². The molecule has 0 saturated carbocycles. The molecule has 0 aliphatic carbocycles. The summed E-state index contributed by atoms with van der Waals surface area (Å²) in [6.45, 7) is 0. The van der Waals surface area contributed by atoms with Gasteiger partial charge >= 0.3 is 4.87 Å².